The first-order valence-corrected chi connectivity index (χ1v) is 7.55. The fourth-order valence-electron chi connectivity index (χ4n) is 2.57. The lowest BCUT2D eigenvalue weighted by Gasteiger charge is -2.20. The molecule has 0 fully saturated rings. The van der Waals surface area contributed by atoms with Gasteiger partial charge in [0.15, 0.2) is 18.3 Å². The third kappa shape index (κ3) is 3.38. The largest absolute Gasteiger partial charge is 0.504 e. The first-order valence-electron chi connectivity index (χ1n) is 7.55. The first kappa shape index (κ1) is 17.5. The molecular weight excluding hydrogens is 346 g/mol. The van der Waals surface area contributed by atoms with Crippen LogP contribution in [0.5, 0.6) is 17.2 Å². The number of para-hydroxylation sites is 1. The van der Waals surface area contributed by atoms with E-state index in [4.69, 9.17) is 18.9 Å². The summed E-state index contributed by atoms with van der Waals surface area (Å²) in [5.41, 5.74) is 0.606. The van der Waals surface area contributed by atoms with Gasteiger partial charge in [0.1, 0.15) is 17.9 Å². The van der Waals surface area contributed by atoms with Crippen molar-refractivity contribution in [1.82, 2.24) is 0 Å². The molecule has 0 radical (unpaired) electrons. The lowest BCUT2D eigenvalue weighted by atomic mass is 10.1. The number of non-ortho nitro benzene ring substituents is 1. The molecular formula is C17H15NO8. The van der Waals surface area contributed by atoms with Crippen molar-refractivity contribution in [1.29, 1.82) is 0 Å². The number of ether oxygens (including phenoxy) is 4. The van der Waals surface area contributed by atoms with E-state index in [1.54, 1.807) is 0 Å². The Bertz CT molecular complexity index is 864. The lowest BCUT2D eigenvalue weighted by molar-refractivity contribution is -0.385. The van der Waals surface area contributed by atoms with Crippen LogP contribution >= 0.6 is 0 Å². The van der Waals surface area contributed by atoms with E-state index in [1.807, 2.05) is 0 Å². The molecule has 0 unspecified atom stereocenters. The van der Waals surface area contributed by atoms with E-state index < -0.39 is 10.9 Å². The van der Waals surface area contributed by atoms with Crippen molar-refractivity contribution < 1.29 is 33.8 Å². The zero-order valence-electron chi connectivity index (χ0n) is 13.8. The van der Waals surface area contributed by atoms with Crippen molar-refractivity contribution in [2.75, 3.05) is 13.9 Å². The molecule has 1 aliphatic heterocycles. The number of nitrogens with zero attached hydrogens (tertiary/aromatic N) is 1. The molecule has 0 saturated heterocycles. The van der Waals surface area contributed by atoms with Gasteiger partial charge in [-0.25, -0.2) is 4.79 Å². The van der Waals surface area contributed by atoms with Crippen molar-refractivity contribution in [3.63, 3.8) is 0 Å². The third-order valence-electron chi connectivity index (χ3n) is 3.78. The summed E-state index contributed by atoms with van der Waals surface area (Å²) in [7, 11) is 1.36. The van der Waals surface area contributed by atoms with Gasteiger partial charge in [-0.3, -0.25) is 10.1 Å². The van der Waals surface area contributed by atoms with Gasteiger partial charge >= 0.3 is 5.97 Å². The standard InChI is InChI=1S/C17H15NO8/c1-23-14-4-2-3-13(15(14)19)17(20)25-8-11-6-12(18(21)22)5-10-7-24-9-26-16(10)11/h2-6,19H,7-9H2,1H3. The number of phenolic OH excluding ortho intramolecular Hbond substituents is 1. The van der Waals surface area contributed by atoms with Gasteiger partial charge in [0.25, 0.3) is 5.69 Å². The van der Waals surface area contributed by atoms with Crippen LogP contribution in [0.15, 0.2) is 30.3 Å². The van der Waals surface area contributed by atoms with E-state index in [2.05, 4.69) is 0 Å². The molecule has 9 nitrogen and oxygen atoms in total. The summed E-state index contributed by atoms with van der Waals surface area (Å²) in [6.45, 7) is -0.101. The Balaban J connectivity index is 1.84. The number of benzene rings is 2. The summed E-state index contributed by atoms with van der Waals surface area (Å²) >= 11 is 0. The Labute approximate surface area is 147 Å². The molecule has 0 spiro atoms. The average molecular weight is 361 g/mol. The van der Waals surface area contributed by atoms with Crippen molar-refractivity contribution in [2.45, 2.75) is 13.2 Å². The van der Waals surface area contributed by atoms with E-state index in [0.29, 0.717) is 16.9 Å². The molecule has 1 heterocycles. The third-order valence-corrected chi connectivity index (χ3v) is 3.78. The van der Waals surface area contributed by atoms with Gasteiger partial charge in [0.2, 0.25) is 0 Å². The fraction of sp³-hybridized carbons (Fsp3) is 0.235. The topological polar surface area (TPSA) is 117 Å². The highest BCUT2D eigenvalue weighted by atomic mass is 16.7. The number of carbonyl (C=O) groups is 1. The van der Waals surface area contributed by atoms with Crippen LogP contribution in [0.1, 0.15) is 21.5 Å². The number of hydrogen-bond donors (Lipinski definition) is 1. The highest BCUT2D eigenvalue weighted by Gasteiger charge is 2.23. The van der Waals surface area contributed by atoms with E-state index in [0.717, 1.165) is 0 Å². The molecule has 136 valence electrons. The minimum absolute atomic E-state index is 0.00241. The molecule has 26 heavy (non-hydrogen) atoms. The second kappa shape index (κ2) is 7.28. The normalized spacial score (nSPS) is 12.7. The number of rotatable bonds is 5. The van der Waals surface area contributed by atoms with E-state index in [1.165, 1.54) is 37.4 Å². The molecule has 0 atom stereocenters. The molecule has 9 heteroatoms. The first-order chi connectivity index (χ1) is 12.5. The molecule has 2 aromatic carbocycles. The number of esters is 1. The Morgan fingerprint density at radius 2 is 2.19 bits per heavy atom. The summed E-state index contributed by atoms with van der Waals surface area (Å²) in [6, 6.07) is 7.05. The lowest BCUT2D eigenvalue weighted by Crippen LogP contribution is -2.15. The van der Waals surface area contributed by atoms with Gasteiger partial charge in [-0.05, 0) is 12.1 Å². The van der Waals surface area contributed by atoms with Gasteiger partial charge in [-0.15, -0.1) is 0 Å². The summed E-state index contributed by atoms with van der Waals surface area (Å²) in [5, 5.41) is 21.1. The van der Waals surface area contributed by atoms with Crippen LogP contribution in [0.4, 0.5) is 5.69 Å². The molecule has 0 aromatic heterocycles. The maximum absolute atomic E-state index is 12.3. The summed E-state index contributed by atoms with van der Waals surface area (Å²) < 4.78 is 20.7. The SMILES string of the molecule is COc1cccc(C(=O)OCc2cc([N+](=O)[O-])cc3c2OCOC3)c1O. The van der Waals surface area contributed by atoms with E-state index in [-0.39, 0.29) is 42.8 Å². The van der Waals surface area contributed by atoms with Gasteiger partial charge < -0.3 is 24.1 Å². The molecule has 0 saturated carbocycles. The van der Waals surface area contributed by atoms with Crippen molar-refractivity contribution in [3.8, 4) is 17.2 Å². The second-order valence-electron chi connectivity index (χ2n) is 5.39. The number of carbonyl (C=O) groups excluding carboxylic acids is 1. The molecule has 0 amide bonds. The van der Waals surface area contributed by atoms with Crippen molar-refractivity contribution >= 4 is 11.7 Å². The van der Waals surface area contributed by atoms with Crippen LogP contribution in [-0.2, 0) is 22.7 Å². The molecule has 0 bridgehead atoms. The molecule has 1 N–H and O–H groups in total. The van der Waals surface area contributed by atoms with Gasteiger partial charge in [-0.2, -0.15) is 0 Å². The Morgan fingerprint density at radius 1 is 1.38 bits per heavy atom. The Hall–Kier alpha value is -3.33. The van der Waals surface area contributed by atoms with Crippen LogP contribution < -0.4 is 9.47 Å². The van der Waals surface area contributed by atoms with E-state index >= 15 is 0 Å². The minimum atomic E-state index is -0.797. The maximum Gasteiger partial charge on any atom is 0.342 e. The minimum Gasteiger partial charge on any atom is -0.504 e. The number of hydrogen-bond acceptors (Lipinski definition) is 8. The summed E-state index contributed by atoms with van der Waals surface area (Å²) in [5.74, 6) is -0.614. The number of nitro groups is 1. The molecule has 3 rings (SSSR count). The maximum atomic E-state index is 12.3. The fourth-order valence-corrected chi connectivity index (χ4v) is 2.57. The summed E-state index contributed by atoms with van der Waals surface area (Å²) in [6.07, 6.45) is 0. The van der Waals surface area contributed by atoms with Crippen LogP contribution in [-0.4, -0.2) is 29.9 Å². The van der Waals surface area contributed by atoms with Crippen LogP contribution in [0.25, 0.3) is 0 Å². The zero-order chi connectivity index (χ0) is 18.7. The molecule has 2 aromatic rings. The highest BCUT2D eigenvalue weighted by Crippen LogP contribution is 2.34. The van der Waals surface area contributed by atoms with Crippen LogP contribution in [0.2, 0.25) is 0 Å². The smallest absolute Gasteiger partial charge is 0.342 e. The van der Waals surface area contributed by atoms with Gasteiger partial charge in [-0.1, -0.05) is 6.07 Å². The van der Waals surface area contributed by atoms with Crippen molar-refractivity contribution in [3.05, 3.63) is 57.1 Å². The quantitative estimate of drug-likeness (QED) is 0.490. The number of nitro benzene ring substituents is 1. The van der Waals surface area contributed by atoms with Gasteiger partial charge in [0, 0.05) is 23.3 Å². The zero-order valence-corrected chi connectivity index (χ0v) is 13.8. The van der Waals surface area contributed by atoms with Crippen molar-refractivity contribution in [2.24, 2.45) is 0 Å². The Morgan fingerprint density at radius 3 is 2.92 bits per heavy atom. The molecule has 1 aliphatic rings. The van der Waals surface area contributed by atoms with Crippen LogP contribution in [0, 0.1) is 10.1 Å². The van der Waals surface area contributed by atoms with Crippen LogP contribution in [0.3, 0.4) is 0 Å². The number of phenols is 1. The van der Waals surface area contributed by atoms with Gasteiger partial charge in [0.05, 0.1) is 18.6 Å². The second-order valence-corrected chi connectivity index (χ2v) is 5.39. The Kier molecular flexibility index (Phi) is 4.90. The predicted octanol–water partition coefficient (Wildman–Crippen LogP) is 2.53. The van der Waals surface area contributed by atoms with E-state index in [9.17, 15) is 20.0 Å². The number of fused-ring (bicyclic) bond motifs is 1. The molecule has 0 aliphatic carbocycles. The average Bonchev–Trinajstić information content (AvgIpc) is 2.65. The number of methoxy groups -OCH3 is 1. The number of aromatic hydroxyl groups is 1. The predicted molar refractivity (Wildman–Crippen MR) is 87.2 cm³/mol. The monoisotopic (exact) mass is 361 g/mol. The highest BCUT2D eigenvalue weighted by molar-refractivity contribution is 5.93. The summed E-state index contributed by atoms with van der Waals surface area (Å²) in [4.78, 5) is 22.8.